The highest BCUT2D eigenvalue weighted by Crippen LogP contribution is 2.24. The number of carbonyl (C=O) groups excluding carboxylic acids is 2. The van der Waals surface area contributed by atoms with Gasteiger partial charge in [0.15, 0.2) is 0 Å². The molecule has 0 aliphatic carbocycles. The number of hydrogen-bond donors (Lipinski definition) is 1. The van der Waals surface area contributed by atoms with Gasteiger partial charge < -0.3 is 14.5 Å². The molecule has 2 rings (SSSR count). The second-order valence-corrected chi connectivity index (χ2v) is 7.42. The van der Waals surface area contributed by atoms with Crippen molar-refractivity contribution in [2.45, 2.75) is 45.4 Å². The average molecular weight is 391 g/mol. The number of nitrogens with zero attached hydrogens (tertiary/aromatic N) is 2. The Balaban J connectivity index is 1.97. The van der Waals surface area contributed by atoms with Crippen molar-refractivity contribution in [2.24, 2.45) is 5.92 Å². The molecule has 0 saturated heterocycles. The number of nitrogens with one attached hydrogen (secondary N) is 1. The number of aromatic nitrogens is 2. The summed E-state index contributed by atoms with van der Waals surface area (Å²) < 4.78 is 10.4. The standard InChI is InChI=1S/C19H25N3O4S/c1-6-13(4)16(18(24)25-5)20-15(23)10-27-19-22-21-17(26-19)14-8-11(2)7-12(3)9-14/h7-9,13,16H,6,10H2,1-5H3,(H,20,23). The van der Waals surface area contributed by atoms with Gasteiger partial charge in [0.25, 0.3) is 5.22 Å². The highest BCUT2D eigenvalue weighted by molar-refractivity contribution is 7.99. The predicted molar refractivity (Wildman–Crippen MR) is 103 cm³/mol. The molecule has 0 saturated carbocycles. The molecule has 7 nitrogen and oxygen atoms in total. The molecule has 1 aromatic heterocycles. The lowest BCUT2D eigenvalue weighted by Gasteiger charge is -2.21. The van der Waals surface area contributed by atoms with Crippen LogP contribution in [0.5, 0.6) is 0 Å². The highest BCUT2D eigenvalue weighted by atomic mass is 32.2. The molecule has 2 atom stereocenters. The first kappa shape index (κ1) is 21.0. The SMILES string of the molecule is CCC(C)C(NC(=O)CSc1nnc(-c2cc(C)cc(C)c2)o1)C(=O)OC. The molecule has 0 fully saturated rings. The van der Waals surface area contributed by atoms with Gasteiger partial charge in [-0.1, -0.05) is 49.2 Å². The molecule has 1 N–H and O–H groups in total. The van der Waals surface area contributed by atoms with Gasteiger partial charge >= 0.3 is 5.97 Å². The van der Waals surface area contributed by atoms with Crippen LogP contribution in [0.15, 0.2) is 27.8 Å². The van der Waals surface area contributed by atoms with Crippen LogP contribution >= 0.6 is 11.8 Å². The van der Waals surface area contributed by atoms with Crippen LogP contribution in [0.25, 0.3) is 11.5 Å². The van der Waals surface area contributed by atoms with E-state index in [1.54, 1.807) is 0 Å². The van der Waals surface area contributed by atoms with Gasteiger partial charge in [0.1, 0.15) is 6.04 Å². The summed E-state index contributed by atoms with van der Waals surface area (Å²) in [6, 6.07) is 5.33. The number of thioether (sulfide) groups is 1. The number of amides is 1. The summed E-state index contributed by atoms with van der Waals surface area (Å²) in [5.41, 5.74) is 3.06. The molecule has 0 spiro atoms. The molecule has 146 valence electrons. The first-order valence-electron chi connectivity index (χ1n) is 8.76. The zero-order valence-electron chi connectivity index (χ0n) is 16.2. The van der Waals surface area contributed by atoms with Gasteiger partial charge in [0.2, 0.25) is 11.8 Å². The van der Waals surface area contributed by atoms with Crippen molar-refractivity contribution in [2.75, 3.05) is 12.9 Å². The summed E-state index contributed by atoms with van der Waals surface area (Å²) in [5.74, 6) is -0.277. The Morgan fingerprint density at radius 2 is 1.89 bits per heavy atom. The molecule has 0 bridgehead atoms. The van der Waals surface area contributed by atoms with E-state index < -0.39 is 12.0 Å². The van der Waals surface area contributed by atoms with Crippen LogP contribution in [-0.2, 0) is 14.3 Å². The quantitative estimate of drug-likeness (QED) is 0.545. The predicted octanol–water partition coefficient (Wildman–Crippen LogP) is 3.15. The van der Waals surface area contributed by atoms with E-state index >= 15 is 0 Å². The number of benzene rings is 1. The molecule has 8 heteroatoms. The molecule has 1 heterocycles. The minimum atomic E-state index is -0.665. The van der Waals surface area contributed by atoms with Gasteiger partial charge in [0.05, 0.1) is 12.9 Å². The fourth-order valence-corrected chi connectivity index (χ4v) is 3.20. The molecule has 1 aromatic carbocycles. The molecular formula is C19H25N3O4S. The van der Waals surface area contributed by atoms with E-state index in [0.29, 0.717) is 11.1 Å². The smallest absolute Gasteiger partial charge is 0.328 e. The third kappa shape index (κ3) is 5.82. The Morgan fingerprint density at radius 1 is 1.22 bits per heavy atom. The minimum absolute atomic E-state index is 0.0223. The maximum Gasteiger partial charge on any atom is 0.328 e. The summed E-state index contributed by atoms with van der Waals surface area (Å²) in [5, 5.41) is 11.0. The maximum absolute atomic E-state index is 12.2. The van der Waals surface area contributed by atoms with Crippen molar-refractivity contribution in [3.8, 4) is 11.5 Å². The average Bonchev–Trinajstić information content (AvgIpc) is 3.11. The van der Waals surface area contributed by atoms with Gasteiger partial charge in [-0.25, -0.2) is 4.79 Å². The number of hydrogen-bond acceptors (Lipinski definition) is 7. The van der Waals surface area contributed by atoms with Crippen molar-refractivity contribution in [1.29, 1.82) is 0 Å². The summed E-state index contributed by atoms with van der Waals surface area (Å²) in [7, 11) is 1.31. The van der Waals surface area contributed by atoms with E-state index in [-0.39, 0.29) is 17.6 Å². The molecular weight excluding hydrogens is 366 g/mol. The Hall–Kier alpha value is -2.35. The molecule has 0 aliphatic rings. The van der Waals surface area contributed by atoms with Crippen molar-refractivity contribution in [3.05, 3.63) is 29.3 Å². The fraction of sp³-hybridized carbons (Fsp3) is 0.474. The van der Waals surface area contributed by atoms with Gasteiger partial charge in [-0.3, -0.25) is 4.79 Å². The van der Waals surface area contributed by atoms with Crippen LogP contribution in [0.4, 0.5) is 0 Å². The molecule has 1 amide bonds. The third-order valence-corrected chi connectivity index (χ3v) is 5.00. The number of aryl methyl sites for hydroxylation is 2. The maximum atomic E-state index is 12.2. The summed E-state index contributed by atoms with van der Waals surface area (Å²) in [6.45, 7) is 7.85. The lowest BCUT2D eigenvalue weighted by atomic mass is 9.99. The van der Waals surface area contributed by atoms with Crippen LogP contribution in [0, 0.1) is 19.8 Å². The van der Waals surface area contributed by atoms with E-state index in [0.717, 1.165) is 34.9 Å². The van der Waals surface area contributed by atoms with Crippen LogP contribution < -0.4 is 5.32 Å². The zero-order valence-corrected chi connectivity index (χ0v) is 17.1. The lowest BCUT2D eigenvalue weighted by Crippen LogP contribution is -2.46. The Labute approximate surface area is 163 Å². The first-order chi connectivity index (χ1) is 12.8. The van der Waals surface area contributed by atoms with Crippen molar-refractivity contribution < 1.29 is 18.7 Å². The topological polar surface area (TPSA) is 94.3 Å². The second kappa shape index (κ2) is 9.55. The first-order valence-corrected chi connectivity index (χ1v) is 9.74. The van der Waals surface area contributed by atoms with Crippen LogP contribution in [0.2, 0.25) is 0 Å². The number of esters is 1. The van der Waals surface area contributed by atoms with Gasteiger partial charge in [-0.15, -0.1) is 10.2 Å². The van der Waals surface area contributed by atoms with E-state index in [9.17, 15) is 9.59 Å². The van der Waals surface area contributed by atoms with E-state index in [1.807, 2.05) is 39.8 Å². The van der Waals surface area contributed by atoms with Gasteiger partial charge in [0, 0.05) is 5.56 Å². The van der Waals surface area contributed by atoms with E-state index in [2.05, 4.69) is 21.6 Å². The van der Waals surface area contributed by atoms with Crippen molar-refractivity contribution in [1.82, 2.24) is 15.5 Å². The van der Waals surface area contributed by atoms with E-state index in [4.69, 9.17) is 9.15 Å². The Kier molecular flexibility index (Phi) is 7.41. The highest BCUT2D eigenvalue weighted by Gasteiger charge is 2.26. The minimum Gasteiger partial charge on any atom is -0.467 e. The normalized spacial score (nSPS) is 13.1. The van der Waals surface area contributed by atoms with Crippen LogP contribution in [0.1, 0.15) is 31.4 Å². The molecule has 27 heavy (non-hydrogen) atoms. The summed E-state index contributed by atoms with van der Waals surface area (Å²) in [6.07, 6.45) is 0.746. The summed E-state index contributed by atoms with van der Waals surface area (Å²) >= 11 is 1.13. The number of ether oxygens (including phenoxy) is 1. The third-order valence-electron chi connectivity index (χ3n) is 4.19. The zero-order chi connectivity index (χ0) is 20.0. The van der Waals surface area contributed by atoms with E-state index in [1.165, 1.54) is 7.11 Å². The number of methoxy groups -OCH3 is 1. The van der Waals surface area contributed by atoms with Crippen LogP contribution in [-0.4, -0.2) is 41.0 Å². The van der Waals surface area contributed by atoms with Gasteiger partial charge in [-0.2, -0.15) is 0 Å². The molecule has 2 aromatic rings. The number of rotatable bonds is 8. The molecule has 0 aliphatic heterocycles. The van der Waals surface area contributed by atoms with Crippen LogP contribution in [0.3, 0.4) is 0 Å². The van der Waals surface area contributed by atoms with Gasteiger partial charge in [-0.05, 0) is 31.9 Å². The second-order valence-electron chi connectivity index (χ2n) is 6.49. The summed E-state index contributed by atoms with van der Waals surface area (Å²) in [4.78, 5) is 24.1. The largest absolute Gasteiger partial charge is 0.467 e. The Bertz CT molecular complexity index is 786. The lowest BCUT2D eigenvalue weighted by molar-refractivity contribution is -0.146. The van der Waals surface area contributed by atoms with Crippen molar-refractivity contribution in [3.63, 3.8) is 0 Å². The molecule has 0 radical (unpaired) electrons. The monoisotopic (exact) mass is 391 g/mol. The number of carbonyl (C=O) groups is 2. The molecule has 2 unspecified atom stereocenters. The fourth-order valence-electron chi connectivity index (χ4n) is 2.62. The Morgan fingerprint density at radius 3 is 2.48 bits per heavy atom. The van der Waals surface area contributed by atoms with Crippen molar-refractivity contribution >= 4 is 23.6 Å².